The summed E-state index contributed by atoms with van der Waals surface area (Å²) >= 11 is 0. The predicted octanol–water partition coefficient (Wildman–Crippen LogP) is 0.529. The van der Waals surface area contributed by atoms with E-state index in [1.165, 1.54) is 14.0 Å². The summed E-state index contributed by atoms with van der Waals surface area (Å²) in [5.74, 6) is -2.37. The van der Waals surface area contributed by atoms with Crippen LogP contribution in [0.25, 0.3) is 0 Å². The van der Waals surface area contributed by atoms with E-state index in [1.54, 1.807) is 0 Å². The molecule has 0 heterocycles. The minimum Gasteiger partial charge on any atom is -0.481 e. The lowest BCUT2D eigenvalue weighted by Crippen LogP contribution is -2.29. The number of carbonyl (C=O) groups is 3. The lowest BCUT2D eigenvalue weighted by atomic mass is 10.3. The number of aliphatic carboxylic acids is 1. The maximum absolute atomic E-state index is 11.3. The molecule has 0 aliphatic rings. The van der Waals surface area contributed by atoms with Gasteiger partial charge in [-0.05, 0) is 6.92 Å². The molecule has 0 fully saturated rings. The van der Waals surface area contributed by atoms with Crippen LogP contribution in [0.4, 0.5) is 0 Å². The van der Waals surface area contributed by atoms with Crippen LogP contribution in [0.2, 0.25) is 0 Å². The predicted molar refractivity (Wildman–Crippen MR) is 64.4 cm³/mol. The van der Waals surface area contributed by atoms with Crippen LogP contribution in [0.5, 0.6) is 0 Å². The molecule has 7 nitrogen and oxygen atoms in total. The molecule has 0 aliphatic heterocycles. The molecule has 0 amide bonds. The van der Waals surface area contributed by atoms with Crippen molar-refractivity contribution in [2.24, 2.45) is 0 Å². The summed E-state index contributed by atoms with van der Waals surface area (Å²) in [4.78, 5) is 32.8. The fraction of sp³-hybridized carbons (Fsp3) is 0.583. The topological polar surface area (TPSA) is 99.1 Å². The van der Waals surface area contributed by atoms with E-state index in [2.05, 4.69) is 6.58 Å². The van der Waals surface area contributed by atoms with Crippen molar-refractivity contribution in [2.75, 3.05) is 20.3 Å². The van der Waals surface area contributed by atoms with E-state index in [0.29, 0.717) is 0 Å². The van der Waals surface area contributed by atoms with Gasteiger partial charge in [-0.25, -0.2) is 4.79 Å². The third-order valence-corrected chi connectivity index (χ3v) is 1.94. The highest BCUT2D eigenvalue weighted by molar-refractivity contribution is 5.86. The van der Waals surface area contributed by atoms with E-state index < -0.39 is 24.0 Å². The first-order chi connectivity index (χ1) is 8.86. The highest BCUT2D eigenvalue weighted by Gasteiger charge is 2.17. The summed E-state index contributed by atoms with van der Waals surface area (Å²) in [6.45, 7) is 4.78. The molecule has 0 aliphatic carbocycles. The fourth-order valence-electron chi connectivity index (χ4n) is 1.05. The van der Waals surface area contributed by atoms with Crippen LogP contribution in [0, 0.1) is 0 Å². The molecule has 1 atom stereocenters. The van der Waals surface area contributed by atoms with E-state index >= 15 is 0 Å². The van der Waals surface area contributed by atoms with Crippen molar-refractivity contribution in [3.63, 3.8) is 0 Å². The molecule has 0 bridgehead atoms. The number of carboxylic acid groups (broad SMARTS) is 1. The molecule has 0 saturated heterocycles. The number of hydrogen-bond acceptors (Lipinski definition) is 6. The molecule has 0 rings (SSSR count). The van der Waals surface area contributed by atoms with Gasteiger partial charge in [-0.3, -0.25) is 9.59 Å². The van der Waals surface area contributed by atoms with Crippen LogP contribution in [-0.4, -0.2) is 49.4 Å². The van der Waals surface area contributed by atoms with Crippen LogP contribution < -0.4 is 0 Å². The first-order valence-electron chi connectivity index (χ1n) is 5.59. The van der Waals surface area contributed by atoms with E-state index in [-0.39, 0.29) is 31.6 Å². The van der Waals surface area contributed by atoms with Gasteiger partial charge in [-0.2, -0.15) is 0 Å². The van der Waals surface area contributed by atoms with E-state index in [9.17, 15) is 14.4 Å². The number of rotatable bonds is 9. The monoisotopic (exact) mass is 274 g/mol. The number of carbonyl (C=O) groups excluding carboxylic acids is 2. The second-order valence-corrected chi connectivity index (χ2v) is 3.84. The second-order valence-electron chi connectivity index (χ2n) is 3.84. The molecular formula is C12H18O7. The van der Waals surface area contributed by atoms with Gasteiger partial charge >= 0.3 is 17.9 Å². The van der Waals surface area contributed by atoms with Crippen molar-refractivity contribution in [1.82, 2.24) is 0 Å². The van der Waals surface area contributed by atoms with Gasteiger partial charge in [0.05, 0.1) is 19.4 Å². The van der Waals surface area contributed by atoms with E-state index in [1.807, 2.05) is 0 Å². The lowest BCUT2D eigenvalue weighted by molar-refractivity contribution is -0.161. The molecule has 0 saturated carbocycles. The van der Waals surface area contributed by atoms with Gasteiger partial charge in [-0.15, -0.1) is 0 Å². The highest BCUT2D eigenvalue weighted by atomic mass is 16.6. The molecule has 1 unspecified atom stereocenters. The smallest absolute Gasteiger partial charge is 0.333 e. The van der Waals surface area contributed by atoms with Crippen molar-refractivity contribution in [3.05, 3.63) is 12.2 Å². The van der Waals surface area contributed by atoms with Crippen LogP contribution in [0.3, 0.4) is 0 Å². The van der Waals surface area contributed by atoms with Crippen molar-refractivity contribution >= 4 is 17.9 Å². The Bertz CT molecular complexity index is 348. The highest BCUT2D eigenvalue weighted by Crippen LogP contribution is 2.02. The Morgan fingerprint density at radius 1 is 1.21 bits per heavy atom. The van der Waals surface area contributed by atoms with Crippen molar-refractivity contribution in [2.45, 2.75) is 25.9 Å². The number of methoxy groups -OCH3 is 1. The second kappa shape index (κ2) is 9.09. The Morgan fingerprint density at radius 3 is 2.32 bits per heavy atom. The molecular weight excluding hydrogens is 256 g/mol. The van der Waals surface area contributed by atoms with Gasteiger partial charge in [0.1, 0.15) is 6.61 Å². The largest absolute Gasteiger partial charge is 0.481 e. The maximum atomic E-state index is 11.3. The van der Waals surface area contributed by atoms with Gasteiger partial charge in [0.25, 0.3) is 0 Å². The van der Waals surface area contributed by atoms with Gasteiger partial charge < -0.3 is 19.3 Å². The first-order valence-corrected chi connectivity index (χ1v) is 5.59. The number of carboxylic acids is 1. The minimum atomic E-state index is -1.09. The van der Waals surface area contributed by atoms with Crippen molar-refractivity contribution in [3.8, 4) is 0 Å². The zero-order valence-electron chi connectivity index (χ0n) is 11.0. The van der Waals surface area contributed by atoms with Crippen LogP contribution in [0.15, 0.2) is 12.2 Å². The third-order valence-electron chi connectivity index (χ3n) is 1.94. The SMILES string of the molecule is C=C(C)C(=O)OCC(COC)OC(=O)CCC(=O)O. The Kier molecular flexibility index (Phi) is 8.19. The fourth-order valence-corrected chi connectivity index (χ4v) is 1.05. The maximum Gasteiger partial charge on any atom is 0.333 e. The number of ether oxygens (including phenoxy) is 3. The first kappa shape index (κ1) is 17.1. The van der Waals surface area contributed by atoms with E-state index in [0.717, 1.165) is 0 Å². The Morgan fingerprint density at radius 2 is 1.84 bits per heavy atom. The Hall–Kier alpha value is -1.89. The van der Waals surface area contributed by atoms with Crippen molar-refractivity contribution in [1.29, 1.82) is 0 Å². The average Bonchev–Trinajstić information content (AvgIpc) is 2.33. The van der Waals surface area contributed by atoms with Crippen LogP contribution in [0.1, 0.15) is 19.8 Å². The average molecular weight is 274 g/mol. The van der Waals surface area contributed by atoms with Gasteiger partial charge in [0, 0.05) is 12.7 Å². The quantitative estimate of drug-likeness (QED) is 0.483. The summed E-state index contributed by atoms with van der Waals surface area (Å²) < 4.78 is 14.6. The van der Waals surface area contributed by atoms with Crippen LogP contribution >= 0.6 is 0 Å². The molecule has 7 heteroatoms. The normalized spacial score (nSPS) is 11.5. The molecule has 0 aromatic heterocycles. The molecule has 19 heavy (non-hydrogen) atoms. The summed E-state index contributed by atoms with van der Waals surface area (Å²) in [6.07, 6.45) is -1.33. The summed E-state index contributed by atoms with van der Waals surface area (Å²) in [6, 6.07) is 0. The zero-order valence-corrected chi connectivity index (χ0v) is 11.0. The van der Waals surface area contributed by atoms with Gasteiger partial charge in [-0.1, -0.05) is 6.58 Å². The molecule has 0 spiro atoms. The van der Waals surface area contributed by atoms with Gasteiger partial charge in [0.2, 0.25) is 0 Å². The van der Waals surface area contributed by atoms with Crippen LogP contribution in [-0.2, 0) is 28.6 Å². The summed E-state index contributed by atoms with van der Waals surface area (Å²) in [5.41, 5.74) is 0.230. The summed E-state index contributed by atoms with van der Waals surface area (Å²) in [7, 11) is 1.40. The number of hydrogen-bond donors (Lipinski definition) is 1. The zero-order chi connectivity index (χ0) is 14.8. The molecule has 108 valence electrons. The summed E-state index contributed by atoms with van der Waals surface area (Å²) in [5, 5.41) is 8.43. The van der Waals surface area contributed by atoms with Crippen molar-refractivity contribution < 1.29 is 33.7 Å². The van der Waals surface area contributed by atoms with E-state index in [4.69, 9.17) is 19.3 Å². The molecule has 1 N–H and O–H groups in total. The van der Waals surface area contributed by atoms with Gasteiger partial charge in [0.15, 0.2) is 6.10 Å². The molecule has 0 aromatic carbocycles. The number of esters is 2. The third kappa shape index (κ3) is 8.78. The molecule has 0 radical (unpaired) electrons. The Labute approximate surface area is 111 Å². The lowest BCUT2D eigenvalue weighted by Gasteiger charge is -2.17. The molecule has 0 aromatic rings. The standard InChI is InChI=1S/C12H18O7/c1-8(2)12(16)18-7-9(6-17-3)19-11(15)5-4-10(13)14/h9H,1,4-7H2,2-3H3,(H,13,14). The minimum absolute atomic E-state index is 0.0439. The Balaban J connectivity index is 4.17.